The average Bonchev–Trinajstić information content (AvgIpc) is 2.38. The molecule has 0 saturated carbocycles. The lowest BCUT2D eigenvalue weighted by Crippen LogP contribution is -2.27. The standard InChI is InChI=1S/C13H19NO4/c1-4-9(13(15)16)12(14)8-5-6-10(17-2)11(7-8)18-3/h5-7,9,12H,4,14H2,1-3H3,(H,15,16). The van der Waals surface area contributed by atoms with Gasteiger partial charge in [0.15, 0.2) is 11.5 Å². The number of rotatable bonds is 6. The molecule has 0 aliphatic rings. The Bertz CT molecular complexity index is 419. The third kappa shape index (κ3) is 2.92. The van der Waals surface area contributed by atoms with E-state index < -0.39 is 17.9 Å². The van der Waals surface area contributed by atoms with Gasteiger partial charge in [0.1, 0.15) is 0 Å². The lowest BCUT2D eigenvalue weighted by atomic mass is 9.91. The molecule has 0 amide bonds. The molecule has 2 atom stereocenters. The zero-order valence-corrected chi connectivity index (χ0v) is 10.8. The van der Waals surface area contributed by atoms with E-state index in [2.05, 4.69) is 0 Å². The number of methoxy groups -OCH3 is 2. The summed E-state index contributed by atoms with van der Waals surface area (Å²) in [7, 11) is 3.07. The lowest BCUT2D eigenvalue weighted by molar-refractivity contribution is -0.142. The van der Waals surface area contributed by atoms with E-state index in [0.29, 0.717) is 17.9 Å². The van der Waals surface area contributed by atoms with E-state index in [1.54, 1.807) is 32.2 Å². The summed E-state index contributed by atoms with van der Waals surface area (Å²) in [5.74, 6) is -0.356. The number of carbonyl (C=O) groups is 1. The van der Waals surface area contributed by atoms with Crippen LogP contribution in [0.3, 0.4) is 0 Å². The molecule has 100 valence electrons. The van der Waals surface area contributed by atoms with Crippen molar-refractivity contribution >= 4 is 5.97 Å². The van der Waals surface area contributed by atoms with Crippen molar-refractivity contribution in [3.8, 4) is 11.5 Å². The molecule has 0 radical (unpaired) electrons. The third-order valence-corrected chi connectivity index (χ3v) is 2.98. The van der Waals surface area contributed by atoms with Crippen molar-refractivity contribution in [1.82, 2.24) is 0 Å². The van der Waals surface area contributed by atoms with E-state index in [-0.39, 0.29) is 0 Å². The second kappa shape index (κ2) is 6.26. The lowest BCUT2D eigenvalue weighted by Gasteiger charge is -2.20. The number of carboxylic acids is 1. The molecule has 2 unspecified atom stereocenters. The minimum atomic E-state index is -0.889. The summed E-state index contributed by atoms with van der Waals surface area (Å²) in [5.41, 5.74) is 6.71. The zero-order chi connectivity index (χ0) is 13.7. The van der Waals surface area contributed by atoms with Crippen molar-refractivity contribution in [3.63, 3.8) is 0 Å². The van der Waals surface area contributed by atoms with Crippen molar-refractivity contribution < 1.29 is 19.4 Å². The molecule has 0 aliphatic carbocycles. The quantitative estimate of drug-likeness (QED) is 0.808. The summed E-state index contributed by atoms with van der Waals surface area (Å²) in [6.45, 7) is 1.80. The summed E-state index contributed by atoms with van der Waals surface area (Å²) in [5, 5.41) is 9.10. The Morgan fingerprint density at radius 1 is 1.33 bits per heavy atom. The molecule has 0 aromatic heterocycles. The van der Waals surface area contributed by atoms with Gasteiger partial charge in [-0.15, -0.1) is 0 Å². The fourth-order valence-electron chi connectivity index (χ4n) is 1.87. The highest BCUT2D eigenvalue weighted by molar-refractivity contribution is 5.71. The van der Waals surface area contributed by atoms with E-state index in [9.17, 15) is 4.79 Å². The predicted octanol–water partition coefficient (Wildman–Crippen LogP) is 1.81. The molecule has 0 aliphatic heterocycles. The van der Waals surface area contributed by atoms with Crippen molar-refractivity contribution in [1.29, 1.82) is 0 Å². The van der Waals surface area contributed by atoms with Gasteiger partial charge in [-0.05, 0) is 24.1 Å². The molecule has 1 aromatic rings. The molecule has 5 nitrogen and oxygen atoms in total. The number of ether oxygens (including phenoxy) is 2. The summed E-state index contributed by atoms with van der Waals surface area (Å²) in [4.78, 5) is 11.1. The van der Waals surface area contributed by atoms with Gasteiger partial charge >= 0.3 is 5.97 Å². The van der Waals surface area contributed by atoms with Gasteiger partial charge in [-0.25, -0.2) is 0 Å². The highest BCUT2D eigenvalue weighted by atomic mass is 16.5. The first-order valence-electron chi connectivity index (χ1n) is 5.75. The fourth-order valence-corrected chi connectivity index (χ4v) is 1.87. The first-order valence-corrected chi connectivity index (χ1v) is 5.75. The van der Waals surface area contributed by atoms with Crippen LogP contribution in [0, 0.1) is 5.92 Å². The molecular formula is C13H19NO4. The summed E-state index contributed by atoms with van der Waals surface area (Å²) in [6.07, 6.45) is 0.477. The third-order valence-electron chi connectivity index (χ3n) is 2.98. The number of nitrogens with two attached hydrogens (primary N) is 1. The number of benzene rings is 1. The van der Waals surface area contributed by atoms with Gasteiger partial charge < -0.3 is 20.3 Å². The van der Waals surface area contributed by atoms with E-state index >= 15 is 0 Å². The van der Waals surface area contributed by atoms with Crippen LogP contribution in [0.4, 0.5) is 0 Å². The van der Waals surface area contributed by atoms with Crippen molar-refractivity contribution in [2.75, 3.05) is 14.2 Å². The number of carboxylic acid groups (broad SMARTS) is 1. The second-order valence-corrected chi connectivity index (χ2v) is 3.99. The van der Waals surface area contributed by atoms with Crippen molar-refractivity contribution in [2.24, 2.45) is 11.7 Å². The first kappa shape index (κ1) is 14.3. The average molecular weight is 253 g/mol. The van der Waals surface area contributed by atoms with Crippen LogP contribution in [0.1, 0.15) is 24.9 Å². The smallest absolute Gasteiger partial charge is 0.308 e. The molecule has 1 rings (SSSR count). The van der Waals surface area contributed by atoms with Crippen LogP contribution in [0.25, 0.3) is 0 Å². The monoisotopic (exact) mass is 253 g/mol. The molecule has 0 spiro atoms. The Labute approximate surface area is 107 Å². The van der Waals surface area contributed by atoms with Gasteiger partial charge in [0.25, 0.3) is 0 Å². The van der Waals surface area contributed by atoms with E-state index in [1.807, 2.05) is 0 Å². The Balaban J connectivity index is 3.05. The van der Waals surface area contributed by atoms with Crippen LogP contribution in [0.15, 0.2) is 18.2 Å². The molecule has 1 aromatic carbocycles. The van der Waals surface area contributed by atoms with E-state index in [1.165, 1.54) is 7.11 Å². The predicted molar refractivity (Wildman–Crippen MR) is 67.9 cm³/mol. The van der Waals surface area contributed by atoms with Gasteiger partial charge in [0.05, 0.1) is 20.1 Å². The molecule has 0 saturated heterocycles. The maximum atomic E-state index is 11.1. The zero-order valence-electron chi connectivity index (χ0n) is 10.8. The molecular weight excluding hydrogens is 234 g/mol. The van der Waals surface area contributed by atoms with Gasteiger partial charge in [0.2, 0.25) is 0 Å². The largest absolute Gasteiger partial charge is 0.493 e. The molecule has 18 heavy (non-hydrogen) atoms. The van der Waals surface area contributed by atoms with Crippen molar-refractivity contribution in [2.45, 2.75) is 19.4 Å². The minimum Gasteiger partial charge on any atom is -0.493 e. The maximum Gasteiger partial charge on any atom is 0.308 e. The van der Waals surface area contributed by atoms with E-state index in [0.717, 1.165) is 5.56 Å². The van der Waals surface area contributed by atoms with Crippen LogP contribution in [-0.4, -0.2) is 25.3 Å². The van der Waals surface area contributed by atoms with Gasteiger partial charge in [-0.3, -0.25) is 4.79 Å². The van der Waals surface area contributed by atoms with Crippen molar-refractivity contribution in [3.05, 3.63) is 23.8 Å². The Morgan fingerprint density at radius 2 is 1.94 bits per heavy atom. The SMILES string of the molecule is CCC(C(=O)O)C(N)c1ccc(OC)c(OC)c1. The summed E-state index contributed by atoms with van der Waals surface area (Å²) >= 11 is 0. The maximum absolute atomic E-state index is 11.1. The van der Waals surface area contributed by atoms with Crippen LogP contribution >= 0.6 is 0 Å². The van der Waals surface area contributed by atoms with Crippen LogP contribution in [0.5, 0.6) is 11.5 Å². The van der Waals surface area contributed by atoms with Crippen LogP contribution in [0.2, 0.25) is 0 Å². The number of hydrogen-bond acceptors (Lipinski definition) is 4. The summed E-state index contributed by atoms with van der Waals surface area (Å²) in [6, 6.07) is 4.64. The highest BCUT2D eigenvalue weighted by Crippen LogP contribution is 2.32. The molecule has 5 heteroatoms. The van der Waals surface area contributed by atoms with Gasteiger partial charge in [0, 0.05) is 6.04 Å². The normalized spacial score (nSPS) is 13.8. The number of hydrogen-bond donors (Lipinski definition) is 2. The molecule has 0 bridgehead atoms. The topological polar surface area (TPSA) is 81.8 Å². The Kier molecular flexibility index (Phi) is 4.97. The first-order chi connectivity index (χ1) is 8.54. The van der Waals surface area contributed by atoms with E-state index in [4.69, 9.17) is 20.3 Å². The van der Waals surface area contributed by atoms with Crippen LogP contribution < -0.4 is 15.2 Å². The van der Waals surface area contributed by atoms with Gasteiger partial charge in [-0.2, -0.15) is 0 Å². The Hall–Kier alpha value is -1.75. The molecule has 0 fully saturated rings. The minimum absolute atomic E-state index is 0.477. The molecule has 3 N–H and O–H groups in total. The summed E-state index contributed by atoms with van der Waals surface area (Å²) < 4.78 is 10.3. The molecule has 0 heterocycles. The Morgan fingerprint density at radius 3 is 2.39 bits per heavy atom. The van der Waals surface area contributed by atoms with Crippen LogP contribution in [-0.2, 0) is 4.79 Å². The number of aliphatic carboxylic acids is 1. The highest BCUT2D eigenvalue weighted by Gasteiger charge is 2.25. The fraction of sp³-hybridized carbons (Fsp3) is 0.462. The van der Waals surface area contributed by atoms with Gasteiger partial charge in [-0.1, -0.05) is 13.0 Å². The second-order valence-electron chi connectivity index (χ2n) is 3.99.